The second kappa shape index (κ2) is 5.09. The first kappa shape index (κ1) is 13.3. The highest BCUT2D eigenvalue weighted by Crippen LogP contribution is 2.22. The van der Waals surface area contributed by atoms with Crippen molar-refractivity contribution < 1.29 is 0 Å². The van der Waals surface area contributed by atoms with E-state index in [1.54, 1.807) is 11.3 Å². The molecule has 9 heteroatoms. The molecule has 0 amide bonds. The van der Waals surface area contributed by atoms with Gasteiger partial charge in [-0.25, -0.2) is 4.98 Å². The van der Waals surface area contributed by atoms with E-state index in [2.05, 4.69) is 40.3 Å². The van der Waals surface area contributed by atoms with Crippen LogP contribution in [0.3, 0.4) is 0 Å². The lowest BCUT2D eigenvalue weighted by molar-refractivity contribution is 0.638. The van der Waals surface area contributed by atoms with Gasteiger partial charge in [-0.3, -0.25) is 14.9 Å². The van der Waals surface area contributed by atoms with Gasteiger partial charge in [-0.1, -0.05) is 0 Å². The van der Waals surface area contributed by atoms with Crippen LogP contribution in [0.25, 0.3) is 11.0 Å². The van der Waals surface area contributed by atoms with Crippen molar-refractivity contribution in [1.29, 1.82) is 0 Å². The van der Waals surface area contributed by atoms with E-state index >= 15 is 0 Å². The third-order valence-electron chi connectivity index (χ3n) is 3.76. The molecule has 0 radical (unpaired) electrons. The van der Waals surface area contributed by atoms with E-state index in [1.807, 2.05) is 6.92 Å². The van der Waals surface area contributed by atoms with Gasteiger partial charge in [-0.15, -0.1) is 11.3 Å². The molecule has 1 saturated heterocycles. The minimum Gasteiger partial charge on any atom is -0.345 e. The van der Waals surface area contributed by atoms with Gasteiger partial charge in [0.1, 0.15) is 5.39 Å². The molecule has 0 unspecified atom stereocenters. The molecule has 3 aromatic rings. The normalized spacial score (nSPS) is 15.7. The lowest BCUT2D eigenvalue weighted by Crippen LogP contribution is -2.47. The van der Waals surface area contributed by atoms with Crippen LogP contribution in [0.2, 0.25) is 0 Å². The summed E-state index contributed by atoms with van der Waals surface area (Å²) in [5.41, 5.74) is 1.42. The Morgan fingerprint density at radius 3 is 2.68 bits per heavy atom. The molecule has 0 atom stereocenters. The van der Waals surface area contributed by atoms with Crippen molar-refractivity contribution in [2.45, 2.75) is 6.92 Å². The lowest BCUT2D eigenvalue weighted by atomic mass is 10.3. The van der Waals surface area contributed by atoms with Gasteiger partial charge in [-0.05, 0) is 6.92 Å². The van der Waals surface area contributed by atoms with E-state index in [0.29, 0.717) is 17.0 Å². The van der Waals surface area contributed by atoms with Crippen LogP contribution in [0.1, 0.15) is 5.69 Å². The monoisotopic (exact) mass is 317 g/mol. The van der Waals surface area contributed by atoms with Crippen LogP contribution < -0.4 is 15.4 Å². The number of aryl methyl sites for hydroxylation is 1. The van der Waals surface area contributed by atoms with Gasteiger partial charge in [0.05, 0.1) is 11.9 Å². The summed E-state index contributed by atoms with van der Waals surface area (Å²) in [7, 11) is 0. The fourth-order valence-corrected chi connectivity index (χ4v) is 3.44. The number of aromatic nitrogens is 5. The maximum Gasteiger partial charge on any atom is 0.263 e. The predicted octanol–water partition coefficient (Wildman–Crippen LogP) is 0.738. The van der Waals surface area contributed by atoms with Gasteiger partial charge in [0.2, 0.25) is 5.95 Å². The molecule has 0 spiro atoms. The number of aromatic amines is 2. The Kier molecular flexibility index (Phi) is 3.07. The molecular formula is C13H15N7OS. The Bertz CT molecular complexity index is 859. The van der Waals surface area contributed by atoms with E-state index in [9.17, 15) is 4.79 Å². The highest BCUT2D eigenvalue weighted by Gasteiger charge is 2.21. The molecule has 1 aliphatic rings. The smallest absolute Gasteiger partial charge is 0.263 e. The molecule has 1 aliphatic heterocycles. The number of H-pyrrole nitrogens is 2. The second-order valence-electron chi connectivity index (χ2n) is 5.27. The number of hydrogen-bond donors (Lipinski definition) is 2. The fraction of sp³-hybridized carbons (Fsp3) is 0.385. The summed E-state index contributed by atoms with van der Waals surface area (Å²) in [4.78, 5) is 28.1. The molecule has 0 bridgehead atoms. The molecule has 22 heavy (non-hydrogen) atoms. The van der Waals surface area contributed by atoms with Crippen LogP contribution in [0.4, 0.5) is 11.1 Å². The van der Waals surface area contributed by atoms with Crippen molar-refractivity contribution in [2.24, 2.45) is 0 Å². The first-order chi connectivity index (χ1) is 10.7. The molecule has 0 aliphatic carbocycles. The van der Waals surface area contributed by atoms with Crippen molar-refractivity contribution in [3.8, 4) is 0 Å². The predicted molar refractivity (Wildman–Crippen MR) is 85.8 cm³/mol. The first-order valence-corrected chi connectivity index (χ1v) is 7.94. The summed E-state index contributed by atoms with van der Waals surface area (Å²) in [6, 6.07) is 0. The molecule has 8 nitrogen and oxygen atoms in total. The minimum absolute atomic E-state index is 0.160. The van der Waals surface area contributed by atoms with Gasteiger partial charge >= 0.3 is 0 Å². The second-order valence-corrected chi connectivity index (χ2v) is 6.10. The number of rotatable bonds is 2. The number of hydrogen-bond acceptors (Lipinski definition) is 7. The average molecular weight is 317 g/mol. The minimum atomic E-state index is -0.160. The Balaban J connectivity index is 1.54. The third-order valence-corrected chi connectivity index (χ3v) is 4.78. The van der Waals surface area contributed by atoms with E-state index in [0.717, 1.165) is 37.0 Å². The average Bonchev–Trinajstić information content (AvgIpc) is 3.16. The molecule has 4 heterocycles. The number of nitrogens with one attached hydrogen (secondary N) is 2. The Labute approximate surface area is 129 Å². The van der Waals surface area contributed by atoms with E-state index in [-0.39, 0.29) is 5.56 Å². The molecule has 1 fully saturated rings. The largest absolute Gasteiger partial charge is 0.345 e. The van der Waals surface area contributed by atoms with E-state index in [1.165, 1.54) is 6.20 Å². The maximum absolute atomic E-state index is 12.0. The van der Waals surface area contributed by atoms with Crippen LogP contribution in [0, 0.1) is 6.92 Å². The molecule has 2 N–H and O–H groups in total. The zero-order valence-corrected chi connectivity index (χ0v) is 12.9. The summed E-state index contributed by atoms with van der Waals surface area (Å²) in [5, 5.41) is 10.2. The molecular weight excluding hydrogens is 302 g/mol. The highest BCUT2D eigenvalue weighted by atomic mass is 32.1. The SMILES string of the molecule is Cc1csc(N2CCN(c3nc4[nH]ncc4c(=O)[nH]3)CC2)n1. The van der Waals surface area contributed by atoms with Crippen molar-refractivity contribution in [2.75, 3.05) is 36.0 Å². The fourth-order valence-electron chi connectivity index (χ4n) is 2.58. The van der Waals surface area contributed by atoms with Crippen LogP contribution in [-0.4, -0.2) is 51.3 Å². The number of nitrogens with zero attached hydrogens (tertiary/aromatic N) is 5. The number of thiazole rings is 1. The van der Waals surface area contributed by atoms with Crippen LogP contribution in [0.15, 0.2) is 16.4 Å². The van der Waals surface area contributed by atoms with Crippen molar-refractivity contribution in [1.82, 2.24) is 25.1 Å². The summed E-state index contributed by atoms with van der Waals surface area (Å²) in [6.45, 7) is 5.31. The Morgan fingerprint density at radius 1 is 1.18 bits per heavy atom. The van der Waals surface area contributed by atoms with E-state index < -0.39 is 0 Å². The lowest BCUT2D eigenvalue weighted by Gasteiger charge is -2.34. The molecule has 0 aromatic carbocycles. The summed E-state index contributed by atoms with van der Waals surface area (Å²) in [6.07, 6.45) is 1.49. The first-order valence-electron chi connectivity index (χ1n) is 7.06. The quantitative estimate of drug-likeness (QED) is 0.724. The molecule has 114 valence electrons. The summed E-state index contributed by atoms with van der Waals surface area (Å²) in [5.74, 6) is 0.594. The van der Waals surface area contributed by atoms with Crippen molar-refractivity contribution >= 4 is 33.5 Å². The standard InChI is InChI=1S/C13H15N7OS/c1-8-7-22-13(15-8)20-4-2-19(3-5-20)12-16-10-9(6-14-18-10)11(21)17-12/h6-7H,2-5H2,1H3,(H2,14,16,17,18,21). The van der Waals surface area contributed by atoms with Gasteiger partial charge in [0, 0.05) is 31.6 Å². The molecule has 4 rings (SSSR count). The van der Waals surface area contributed by atoms with Gasteiger partial charge < -0.3 is 9.80 Å². The zero-order chi connectivity index (χ0) is 15.1. The zero-order valence-electron chi connectivity index (χ0n) is 12.0. The van der Waals surface area contributed by atoms with Crippen LogP contribution >= 0.6 is 11.3 Å². The third kappa shape index (κ3) is 2.23. The molecule has 0 saturated carbocycles. The van der Waals surface area contributed by atoms with Gasteiger partial charge in [-0.2, -0.15) is 10.1 Å². The number of piperazine rings is 1. The summed E-state index contributed by atoms with van der Waals surface area (Å²) >= 11 is 1.67. The van der Waals surface area contributed by atoms with Crippen LogP contribution in [-0.2, 0) is 0 Å². The van der Waals surface area contributed by atoms with Crippen molar-refractivity contribution in [3.05, 3.63) is 27.6 Å². The Hall–Kier alpha value is -2.42. The number of fused-ring (bicyclic) bond motifs is 1. The highest BCUT2D eigenvalue weighted by molar-refractivity contribution is 7.13. The van der Waals surface area contributed by atoms with Crippen molar-refractivity contribution in [3.63, 3.8) is 0 Å². The summed E-state index contributed by atoms with van der Waals surface area (Å²) < 4.78 is 0. The number of anilines is 2. The van der Waals surface area contributed by atoms with Crippen LogP contribution in [0.5, 0.6) is 0 Å². The Morgan fingerprint density at radius 2 is 1.95 bits per heavy atom. The van der Waals surface area contributed by atoms with Gasteiger partial charge in [0.15, 0.2) is 10.8 Å². The maximum atomic E-state index is 12.0. The van der Waals surface area contributed by atoms with E-state index in [4.69, 9.17) is 0 Å². The topological polar surface area (TPSA) is 93.8 Å². The molecule has 3 aromatic heterocycles. The van der Waals surface area contributed by atoms with Gasteiger partial charge in [0.25, 0.3) is 5.56 Å².